The summed E-state index contributed by atoms with van der Waals surface area (Å²) < 4.78 is 5.38. The molecule has 0 aromatic heterocycles. The summed E-state index contributed by atoms with van der Waals surface area (Å²) in [7, 11) is 0. The Balaban J connectivity index is 1.34. The highest BCUT2D eigenvalue weighted by molar-refractivity contribution is 8.00. The number of hydrogen-bond donors (Lipinski definition) is 0. The van der Waals surface area contributed by atoms with Gasteiger partial charge in [-0.1, -0.05) is 30.3 Å². The molecule has 0 radical (unpaired) electrons. The van der Waals surface area contributed by atoms with E-state index >= 15 is 0 Å². The third-order valence-electron chi connectivity index (χ3n) is 5.16. The number of esters is 1. The van der Waals surface area contributed by atoms with Gasteiger partial charge >= 0.3 is 5.97 Å². The molecule has 2 heterocycles. The lowest BCUT2D eigenvalue weighted by Crippen LogP contribution is -2.40. The molecule has 0 spiro atoms. The van der Waals surface area contributed by atoms with Crippen LogP contribution in [0.1, 0.15) is 18.9 Å². The van der Waals surface area contributed by atoms with Crippen molar-refractivity contribution in [2.45, 2.75) is 30.8 Å². The molecule has 2 aromatic rings. The van der Waals surface area contributed by atoms with E-state index in [1.54, 1.807) is 16.7 Å². The first-order chi connectivity index (χ1) is 14.0. The molecule has 0 aliphatic carbocycles. The quantitative estimate of drug-likeness (QED) is 0.709. The first-order valence-electron chi connectivity index (χ1n) is 9.65. The van der Waals surface area contributed by atoms with Crippen molar-refractivity contribution in [3.63, 3.8) is 0 Å². The van der Waals surface area contributed by atoms with Crippen LogP contribution in [0.3, 0.4) is 0 Å². The summed E-state index contributed by atoms with van der Waals surface area (Å²) in [5.74, 6) is -0.379. The average Bonchev–Trinajstić information content (AvgIpc) is 3.16. The third kappa shape index (κ3) is 4.00. The van der Waals surface area contributed by atoms with Gasteiger partial charge in [-0.2, -0.15) is 0 Å². The highest BCUT2D eigenvalue weighted by Gasteiger charge is 2.30. The second kappa shape index (κ2) is 8.29. The summed E-state index contributed by atoms with van der Waals surface area (Å²) in [4.78, 5) is 41.7. The van der Waals surface area contributed by atoms with Crippen molar-refractivity contribution in [2.24, 2.45) is 0 Å². The smallest absolute Gasteiger partial charge is 0.308 e. The second-order valence-electron chi connectivity index (χ2n) is 7.05. The summed E-state index contributed by atoms with van der Waals surface area (Å²) in [5.41, 5.74) is 2.83. The van der Waals surface area contributed by atoms with Gasteiger partial charge in [0.2, 0.25) is 5.91 Å². The van der Waals surface area contributed by atoms with Crippen molar-refractivity contribution in [3.8, 4) is 0 Å². The molecule has 2 aliphatic heterocycles. The average molecular weight is 410 g/mol. The Morgan fingerprint density at radius 2 is 1.83 bits per heavy atom. The van der Waals surface area contributed by atoms with Gasteiger partial charge in [0.15, 0.2) is 6.10 Å². The number of rotatable bonds is 5. The minimum atomic E-state index is -0.867. The largest absolute Gasteiger partial charge is 0.452 e. The predicted molar refractivity (Wildman–Crippen MR) is 112 cm³/mol. The summed E-state index contributed by atoms with van der Waals surface area (Å²) >= 11 is 1.50. The molecule has 0 saturated carbocycles. The maximum Gasteiger partial charge on any atom is 0.308 e. The van der Waals surface area contributed by atoms with Gasteiger partial charge in [-0.3, -0.25) is 14.4 Å². The Labute approximate surface area is 173 Å². The van der Waals surface area contributed by atoms with E-state index < -0.39 is 12.1 Å². The van der Waals surface area contributed by atoms with E-state index in [0.717, 1.165) is 28.3 Å². The minimum absolute atomic E-state index is 0.0284. The van der Waals surface area contributed by atoms with Gasteiger partial charge in [-0.05, 0) is 37.1 Å². The Kier molecular flexibility index (Phi) is 5.58. The lowest BCUT2D eigenvalue weighted by molar-refractivity contribution is -0.153. The molecule has 0 fully saturated rings. The summed E-state index contributed by atoms with van der Waals surface area (Å²) in [5, 5.41) is 0. The fraction of sp³-hybridized carbons (Fsp3) is 0.318. The molecule has 0 bridgehead atoms. The number of ether oxygens (including phenoxy) is 1. The van der Waals surface area contributed by atoms with Crippen LogP contribution in [0.15, 0.2) is 53.4 Å². The van der Waals surface area contributed by atoms with Crippen LogP contribution < -0.4 is 9.80 Å². The van der Waals surface area contributed by atoms with E-state index in [1.165, 1.54) is 11.8 Å². The maximum absolute atomic E-state index is 12.7. The van der Waals surface area contributed by atoms with Crippen LogP contribution in [0.4, 0.5) is 11.4 Å². The van der Waals surface area contributed by atoms with E-state index in [9.17, 15) is 14.4 Å². The minimum Gasteiger partial charge on any atom is -0.452 e. The number of hydrogen-bond acceptors (Lipinski definition) is 5. The fourth-order valence-electron chi connectivity index (χ4n) is 3.70. The molecular formula is C22H22N2O4S. The van der Waals surface area contributed by atoms with Crippen molar-refractivity contribution in [1.29, 1.82) is 0 Å². The van der Waals surface area contributed by atoms with Gasteiger partial charge in [0.25, 0.3) is 5.91 Å². The van der Waals surface area contributed by atoms with Crippen molar-refractivity contribution in [1.82, 2.24) is 0 Å². The van der Waals surface area contributed by atoms with Crippen LogP contribution in [-0.2, 0) is 25.5 Å². The SMILES string of the molecule is C[C@H](OC(=O)CCN1C(=O)CSc2ccccc21)C(=O)N1CCc2ccccc21. The number of carbonyl (C=O) groups excluding carboxylic acids is 3. The van der Waals surface area contributed by atoms with E-state index in [1.807, 2.05) is 48.5 Å². The molecule has 2 amide bonds. The number of para-hydroxylation sites is 2. The summed E-state index contributed by atoms with van der Waals surface area (Å²) in [6, 6.07) is 15.4. The Morgan fingerprint density at radius 3 is 2.66 bits per heavy atom. The second-order valence-corrected chi connectivity index (χ2v) is 8.07. The molecule has 0 N–H and O–H groups in total. The summed E-state index contributed by atoms with van der Waals surface area (Å²) in [6.45, 7) is 2.43. The summed E-state index contributed by atoms with van der Waals surface area (Å²) in [6.07, 6.45) is -0.0238. The highest BCUT2D eigenvalue weighted by Crippen LogP contribution is 2.35. The number of carbonyl (C=O) groups is 3. The highest BCUT2D eigenvalue weighted by atomic mass is 32.2. The third-order valence-corrected chi connectivity index (χ3v) is 6.20. The predicted octanol–water partition coefficient (Wildman–Crippen LogP) is 3.04. The number of anilines is 2. The maximum atomic E-state index is 12.7. The van der Waals surface area contributed by atoms with Gasteiger partial charge in [-0.25, -0.2) is 0 Å². The zero-order chi connectivity index (χ0) is 20.4. The Bertz CT molecular complexity index is 961. The number of fused-ring (bicyclic) bond motifs is 2. The van der Waals surface area contributed by atoms with Gasteiger partial charge in [-0.15, -0.1) is 11.8 Å². The molecule has 7 heteroatoms. The lowest BCUT2D eigenvalue weighted by atomic mass is 10.2. The molecule has 29 heavy (non-hydrogen) atoms. The molecule has 2 aromatic carbocycles. The van der Waals surface area contributed by atoms with Crippen LogP contribution in [0, 0.1) is 0 Å². The number of thioether (sulfide) groups is 1. The van der Waals surface area contributed by atoms with Gasteiger partial charge in [0.05, 0.1) is 17.9 Å². The van der Waals surface area contributed by atoms with Crippen molar-refractivity contribution >= 4 is 40.9 Å². The molecule has 4 rings (SSSR count). The standard InChI is InChI=1S/C22H22N2O4S/c1-15(22(27)24-12-10-16-6-2-3-7-17(16)24)28-21(26)11-13-23-18-8-4-5-9-19(18)29-14-20(23)25/h2-9,15H,10-14H2,1H3/t15-/m0/s1. The zero-order valence-corrected chi connectivity index (χ0v) is 17.0. The van der Waals surface area contributed by atoms with Crippen LogP contribution in [0.2, 0.25) is 0 Å². The van der Waals surface area contributed by atoms with Crippen LogP contribution >= 0.6 is 11.8 Å². The first-order valence-corrected chi connectivity index (χ1v) is 10.6. The molecule has 6 nitrogen and oxygen atoms in total. The number of benzene rings is 2. The van der Waals surface area contributed by atoms with Crippen LogP contribution in [-0.4, -0.2) is 42.7 Å². The van der Waals surface area contributed by atoms with Gasteiger partial charge < -0.3 is 14.5 Å². The monoisotopic (exact) mass is 410 g/mol. The molecular weight excluding hydrogens is 388 g/mol. The van der Waals surface area contributed by atoms with Crippen LogP contribution in [0.5, 0.6) is 0 Å². The van der Waals surface area contributed by atoms with Crippen molar-refractivity contribution < 1.29 is 19.1 Å². The zero-order valence-electron chi connectivity index (χ0n) is 16.2. The Morgan fingerprint density at radius 1 is 1.10 bits per heavy atom. The normalized spacial score (nSPS) is 16.2. The topological polar surface area (TPSA) is 66.9 Å². The Hall–Kier alpha value is -2.80. The van der Waals surface area contributed by atoms with E-state index in [0.29, 0.717) is 12.3 Å². The van der Waals surface area contributed by atoms with Gasteiger partial charge in [0, 0.05) is 23.7 Å². The molecule has 0 unspecified atom stereocenters. The van der Waals surface area contributed by atoms with Crippen molar-refractivity contribution in [3.05, 3.63) is 54.1 Å². The van der Waals surface area contributed by atoms with E-state index in [2.05, 4.69) is 0 Å². The molecule has 150 valence electrons. The first kappa shape index (κ1) is 19.5. The number of nitrogens with zero attached hydrogens (tertiary/aromatic N) is 2. The van der Waals surface area contributed by atoms with E-state index in [-0.39, 0.29) is 24.8 Å². The molecule has 0 saturated heterocycles. The van der Waals surface area contributed by atoms with Gasteiger partial charge in [0.1, 0.15) is 0 Å². The fourth-order valence-corrected chi connectivity index (χ4v) is 4.63. The molecule has 1 atom stereocenters. The molecule has 2 aliphatic rings. The van der Waals surface area contributed by atoms with Crippen molar-refractivity contribution in [2.75, 3.05) is 28.6 Å². The van der Waals surface area contributed by atoms with Crippen LogP contribution in [0.25, 0.3) is 0 Å². The number of amides is 2. The van der Waals surface area contributed by atoms with E-state index in [4.69, 9.17) is 4.74 Å². The lowest BCUT2D eigenvalue weighted by Gasteiger charge is -2.28.